The number of hydrogen-bond acceptors (Lipinski definition) is 6. The van der Waals surface area contributed by atoms with E-state index in [1.54, 1.807) is 6.07 Å². The van der Waals surface area contributed by atoms with Gasteiger partial charge < -0.3 is 15.2 Å². The molecule has 1 fully saturated rings. The normalized spacial score (nSPS) is 18.1. The van der Waals surface area contributed by atoms with Gasteiger partial charge in [-0.1, -0.05) is 11.2 Å². The molecule has 1 aliphatic heterocycles. The van der Waals surface area contributed by atoms with Crippen LogP contribution in [0.4, 0.5) is 5.82 Å². The van der Waals surface area contributed by atoms with Crippen molar-refractivity contribution in [3.05, 3.63) is 35.6 Å². The summed E-state index contributed by atoms with van der Waals surface area (Å²) < 4.78 is 5.13. The molecule has 20 heavy (non-hydrogen) atoms. The average Bonchev–Trinajstić information content (AvgIpc) is 3.10. The lowest BCUT2D eigenvalue weighted by Crippen LogP contribution is -2.16. The fourth-order valence-electron chi connectivity index (χ4n) is 2.15. The van der Waals surface area contributed by atoms with E-state index in [-0.39, 0.29) is 11.9 Å². The van der Waals surface area contributed by atoms with E-state index in [2.05, 4.69) is 25.8 Å². The second kappa shape index (κ2) is 5.38. The monoisotopic (exact) mass is 273 g/mol. The SMILES string of the molecule is Cc1cccc(NC(=O)c2noc(C3CCCN3)n2)n1. The van der Waals surface area contributed by atoms with Crippen LogP contribution in [0, 0.1) is 6.92 Å². The minimum Gasteiger partial charge on any atom is -0.337 e. The van der Waals surface area contributed by atoms with Crippen molar-refractivity contribution in [1.29, 1.82) is 0 Å². The van der Waals surface area contributed by atoms with E-state index < -0.39 is 5.91 Å². The Morgan fingerprint density at radius 3 is 3.10 bits per heavy atom. The van der Waals surface area contributed by atoms with Gasteiger partial charge in [0.25, 0.3) is 11.7 Å². The van der Waals surface area contributed by atoms with E-state index in [9.17, 15) is 4.79 Å². The van der Waals surface area contributed by atoms with Gasteiger partial charge in [-0.3, -0.25) is 4.79 Å². The van der Waals surface area contributed by atoms with Crippen LogP contribution in [-0.2, 0) is 0 Å². The lowest BCUT2D eigenvalue weighted by molar-refractivity contribution is 0.101. The maximum atomic E-state index is 12.0. The summed E-state index contributed by atoms with van der Waals surface area (Å²) in [5, 5.41) is 9.60. The summed E-state index contributed by atoms with van der Waals surface area (Å²) in [6.45, 7) is 2.79. The molecule has 1 saturated heterocycles. The molecule has 0 saturated carbocycles. The summed E-state index contributed by atoms with van der Waals surface area (Å²) in [5.74, 6) is 0.540. The average molecular weight is 273 g/mol. The predicted octanol–water partition coefficient (Wildman–Crippen LogP) is 1.45. The molecule has 0 aromatic carbocycles. The van der Waals surface area contributed by atoms with Crippen molar-refractivity contribution in [2.45, 2.75) is 25.8 Å². The largest absolute Gasteiger partial charge is 0.337 e. The summed E-state index contributed by atoms with van der Waals surface area (Å²) >= 11 is 0. The van der Waals surface area contributed by atoms with Gasteiger partial charge >= 0.3 is 0 Å². The molecule has 0 radical (unpaired) electrons. The second-order valence-electron chi connectivity index (χ2n) is 4.72. The van der Waals surface area contributed by atoms with Crippen LogP contribution in [0.25, 0.3) is 0 Å². The molecule has 7 nitrogen and oxygen atoms in total. The molecule has 0 bridgehead atoms. The summed E-state index contributed by atoms with van der Waals surface area (Å²) in [6, 6.07) is 5.45. The first-order chi connectivity index (χ1) is 9.72. The van der Waals surface area contributed by atoms with Crippen molar-refractivity contribution >= 4 is 11.7 Å². The fourth-order valence-corrected chi connectivity index (χ4v) is 2.15. The van der Waals surface area contributed by atoms with Gasteiger partial charge in [-0.15, -0.1) is 0 Å². The summed E-state index contributed by atoms with van der Waals surface area (Å²) in [5.41, 5.74) is 0.826. The molecule has 1 unspecified atom stereocenters. The molecule has 1 aliphatic rings. The number of nitrogens with zero attached hydrogens (tertiary/aromatic N) is 3. The smallest absolute Gasteiger partial charge is 0.298 e. The lowest BCUT2D eigenvalue weighted by atomic mass is 10.2. The highest BCUT2D eigenvalue weighted by molar-refractivity contribution is 6.00. The van der Waals surface area contributed by atoms with Crippen molar-refractivity contribution in [3.8, 4) is 0 Å². The van der Waals surface area contributed by atoms with E-state index in [0.717, 1.165) is 25.1 Å². The van der Waals surface area contributed by atoms with E-state index in [0.29, 0.717) is 11.7 Å². The molecule has 0 spiro atoms. The van der Waals surface area contributed by atoms with E-state index in [1.165, 1.54) is 0 Å². The Bertz CT molecular complexity index is 619. The molecule has 2 N–H and O–H groups in total. The Morgan fingerprint density at radius 2 is 2.35 bits per heavy atom. The summed E-state index contributed by atoms with van der Waals surface area (Å²) in [7, 11) is 0. The minimum absolute atomic E-state index is 0.0250. The number of amides is 1. The van der Waals surface area contributed by atoms with Gasteiger partial charge in [-0.05, 0) is 38.4 Å². The van der Waals surface area contributed by atoms with Crippen LogP contribution in [0.5, 0.6) is 0 Å². The highest BCUT2D eigenvalue weighted by Crippen LogP contribution is 2.21. The molecule has 2 aromatic rings. The van der Waals surface area contributed by atoms with Crippen LogP contribution in [0.15, 0.2) is 22.7 Å². The van der Waals surface area contributed by atoms with Gasteiger partial charge in [0.2, 0.25) is 5.89 Å². The number of pyridine rings is 1. The molecule has 104 valence electrons. The molecular weight excluding hydrogens is 258 g/mol. The molecule has 3 heterocycles. The quantitative estimate of drug-likeness (QED) is 0.879. The first kappa shape index (κ1) is 12.7. The maximum Gasteiger partial charge on any atom is 0.298 e. The van der Waals surface area contributed by atoms with Gasteiger partial charge in [0, 0.05) is 5.69 Å². The summed E-state index contributed by atoms with van der Waals surface area (Å²) in [4.78, 5) is 20.3. The Labute approximate surface area is 115 Å². The van der Waals surface area contributed by atoms with Crippen molar-refractivity contribution in [2.24, 2.45) is 0 Å². The van der Waals surface area contributed by atoms with Crippen molar-refractivity contribution in [3.63, 3.8) is 0 Å². The predicted molar refractivity (Wildman–Crippen MR) is 71.2 cm³/mol. The standard InChI is InChI=1S/C13H15N5O2/c1-8-4-2-6-10(15-8)16-12(19)11-17-13(20-18-11)9-5-3-7-14-9/h2,4,6,9,14H,3,5,7H2,1H3,(H,15,16,19). The van der Waals surface area contributed by atoms with Crippen LogP contribution >= 0.6 is 0 Å². The third kappa shape index (κ3) is 2.67. The second-order valence-corrected chi connectivity index (χ2v) is 4.72. The zero-order chi connectivity index (χ0) is 13.9. The molecule has 1 amide bonds. The maximum absolute atomic E-state index is 12.0. The molecule has 7 heteroatoms. The Balaban J connectivity index is 1.71. The van der Waals surface area contributed by atoms with Crippen LogP contribution in [0.2, 0.25) is 0 Å². The van der Waals surface area contributed by atoms with E-state index >= 15 is 0 Å². The third-order valence-electron chi connectivity index (χ3n) is 3.13. The van der Waals surface area contributed by atoms with Crippen LogP contribution in [-0.4, -0.2) is 27.6 Å². The first-order valence-corrected chi connectivity index (χ1v) is 6.54. The number of hydrogen-bond donors (Lipinski definition) is 2. The van der Waals surface area contributed by atoms with Gasteiger partial charge in [-0.25, -0.2) is 4.98 Å². The van der Waals surface area contributed by atoms with Crippen molar-refractivity contribution < 1.29 is 9.32 Å². The topological polar surface area (TPSA) is 92.9 Å². The molecule has 1 atom stereocenters. The van der Waals surface area contributed by atoms with Crippen molar-refractivity contribution in [1.82, 2.24) is 20.4 Å². The van der Waals surface area contributed by atoms with Crippen LogP contribution < -0.4 is 10.6 Å². The van der Waals surface area contributed by atoms with Gasteiger partial charge in [-0.2, -0.15) is 4.98 Å². The highest BCUT2D eigenvalue weighted by Gasteiger charge is 2.24. The molecule has 3 rings (SSSR count). The molecule has 2 aromatic heterocycles. The Kier molecular flexibility index (Phi) is 3.42. The number of anilines is 1. The number of nitrogens with one attached hydrogen (secondary N) is 2. The zero-order valence-electron chi connectivity index (χ0n) is 11.1. The minimum atomic E-state index is -0.420. The first-order valence-electron chi connectivity index (χ1n) is 6.54. The number of aryl methyl sites for hydroxylation is 1. The lowest BCUT2D eigenvalue weighted by Gasteiger charge is -2.02. The number of aromatic nitrogens is 3. The van der Waals surface area contributed by atoms with E-state index in [1.807, 2.05) is 19.1 Å². The van der Waals surface area contributed by atoms with Crippen LogP contribution in [0.3, 0.4) is 0 Å². The van der Waals surface area contributed by atoms with Crippen molar-refractivity contribution in [2.75, 3.05) is 11.9 Å². The fraction of sp³-hybridized carbons (Fsp3) is 0.385. The number of carbonyl (C=O) groups is 1. The zero-order valence-corrected chi connectivity index (χ0v) is 11.1. The van der Waals surface area contributed by atoms with Gasteiger partial charge in [0.1, 0.15) is 5.82 Å². The third-order valence-corrected chi connectivity index (χ3v) is 3.13. The number of carbonyl (C=O) groups excluding carboxylic acids is 1. The highest BCUT2D eigenvalue weighted by atomic mass is 16.5. The molecular formula is C13H15N5O2. The van der Waals surface area contributed by atoms with Crippen LogP contribution in [0.1, 0.15) is 41.1 Å². The van der Waals surface area contributed by atoms with Gasteiger partial charge in [0.05, 0.1) is 6.04 Å². The molecule has 0 aliphatic carbocycles. The summed E-state index contributed by atoms with van der Waals surface area (Å²) in [6.07, 6.45) is 2.02. The Hall–Kier alpha value is -2.28. The van der Waals surface area contributed by atoms with Gasteiger partial charge in [0.15, 0.2) is 0 Å². The number of rotatable bonds is 3. The Morgan fingerprint density at radius 1 is 1.45 bits per heavy atom. The van der Waals surface area contributed by atoms with E-state index in [4.69, 9.17) is 4.52 Å².